The molecule has 142 valence electrons. The number of carbonyl (C=O) groups is 1. The van der Waals surface area contributed by atoms with E-state index in [0.717, 1.165) is 23.4 Å². The van der Waals surface area contributed by atoms with E-state index in [-0.39, 0.29) is 10.0 Å². The third-order valence-electron chi connectivity index (χ3n) is 4.46. The molecule has 0 amide bonds. The van der Waals surface area contributed by atoms with E-state index < -0.39 is 33.9 Å². The maximum Gasteiger partial charge on any atom is 0.417 e. The lowest BCUT2D eigenvalue weighted by Crippen LogP contribution is -2.46. The molecule has 0 spiro atoms. The third-order valence-corrected chi connectivity index (χ3v) is 6.61. The molecular weight excluding hydrogens is 375 g/mol. The summed E-state index contributed by atoms with van der Waals surface area (Å²) in [5, 5.41) is 10.5. The minimum Gasteiger partial charge on any atom is -0.286 e. The van der Waals surface area contributed by atoms with Crippen LogP contribution in [-0.4, -0.2) is 10.7 Å². The topological polar surface area (TPSA) is 56.1 Å². The second kappa shape index (κ2) is 6.59. The predicted octanol–water partition coefficient (Wildman–Crippen LogP) is 4.49. The van der Waals surface area contributed by atoms with Gasteiger partial charge in [0.05, 0.1) is 22.9 Å². The summed E-state index contributed by atoms with van der Waals surface area (Å²) in [7, 11) is 0. The SMILES string of the molecule is Cc1ccc(N2N[SH](c3ccc(C#N)c(C(F)(F)F)c3)C(=O)C2(C)C)cc1. The summed E-state index contributed by atoms with van der Waals surface area (Å²) < 4.78 is 39.8. The highest BCUT2D eigenvalue weighted by Gasteiger charge is 2.46. The molecule has 1 N–H and O–H groups in total. The molecule has 8 heteroatoms. The Kier molecular flexibility index (Phi) is 4.70. The number of hydrogen-bond donors (Lipinski definition) is 2. The Labute approximate surface area is 158 Å². The first-order valence-electron chi connectivity index (χ1n) is 8.15. The quantitative estimate of drug-likeness (QED) is 0.738. The highest BCUT2D eigenvalue weighted by molar-refractivity contribution is 8.28. The summed E-state index contributed by atoms with van der Waals surface area (Å²) in [5.74, 6) is 0. The van der Waals surface area contributed by atoms with Crippen LogP contribution in [-0.2, 0) is 11.0 Å². The van der Waals surface area contributed by atoms with Crippen LogP contribution < -0.4 is 9.84 Å². The number of hydrogen-bond acceptors (Lipinski definition) is 4. The number of nitrogens with one attached hydrogen (secondary N) is 1. The van der Waals surface area contributed by atoms with Gasteiger partial charge in [0.15, 0.2) is 0 Å². The summed E-state index contributed by atoms with van der Waals surface area (Å²) in [6.45, 7) is 5.41. The van der Waals surface area contributed by atoms with Gasteiger partial charge in [0, 0.05) is 4.90 Å². The van der Waals surface area contributed by atoms with Gasteiger partial charge in [0.25, 0.3) is 0 Å². The van der Waals surface area contributed by atoms with Crippen molar-refractivity contribution >= 4 is 21.9 Å². The van der Waals surface area contributed by atoms with Crippen molar-refractivity contribution in [3.05, 3.63) is 59.2 Å². The molecule has 1 unspecified atom stereocenters. The average Bonchev–Trinajstić information content (AvgIpc) is 2.85. The summed E-state index contributed by atoms with van der Waals surface area (Å²) in [5.41, 5.74) is -0.582. The van der Waals surface area contributed by atoms with E-state index in [1.807, 2.05) is 31.2 Å². The number of alkyl halides is 3. The molecule has 1 atom stereocenters. The Bertz CT molecular complexity index is 933. The van der Waals surface area contributed by atoms with Gasteiger partial charge in [-0.3, -0.25) is 9.80 Å². The highest BCUT2D eigenvalue weighted by Crippen LogP contribution is 2.48. The fourth-order valence-electron chi connectivity index (χ4n) is 2.89. The molecule has 27 heavy (non-hydrogen) atoms. The van der Waals surface area contributed by atoms with Crippen LogP contribution in [0.4, 0.5) is 18.9 Å². The minimum atomic E-state index is -4.66. The van der Waals surface area contributed by atoms with Crippen LogP contribution in [0.1, 0.15) is 30.5 Å². The molecule has 1 fully saturated rings. The summed E-state index contributed by atoms with van der Waals surface area (Å²) in [6, 6.07) is 12.5. The van der Waals surface area contributed by atoms with E-state index >= 15 is 0 Å². The van der Waals surface area contributed by atoms with Crippen molar-refractivity contribution in [2.45, 2.75) is 37.4 Å². The van der Waals surface area contributed by atoms with Crippen LogP contribution in [0.15, 0.2) is 47.4 Å². The van der Waals surface area contributed by atoms with E-state index in [1.165, 1.54) is 6.07 Å². The lowest BCUT2D eigenvalue weighted by atomic mass is 10.1. The number of benzene rings is 2. The van der Waals surface area contributed by atoms with Crippen LogP contribution in [0.3, 0.4) is 0 Å². The largest absolute Gasteiger partial charge is 0.417 e. The zero-order chi connectivity index (χ0) is 20.0. The Hall–Kier alpha value is -2.50. The molecular formula is C19H18F3N3OS. The van der Waals surface area contributed by atoms with Crippen LogP contribution in [0.25, 0.3) is 0 Å². The summed E-state index contributed by atoms with van der Waals surface area (Å²) in [4.78, 5) is 16.3. The van der Waals surface area contributed by atoms with Crippen LogP contribution >= 0.6 is 11.1 Å². The lowest BCUT2D eigenvalue weighted by Gasteiger charge is -2.30. The van der Waals surface area contributed by atoms with Crippen molar-refractivity contribution in [1.29, 1.82) is 5.26 Å². The zero-order valence-electron chi connectivity index (χ0n) is 14.9. The maximum atomic E-state index is 13.3. The highest BCUT2D eigenvalue weighted by atomic mass is 32.2. The number of aryl methyl sites for hydroxylation is 1. The molecule has 1 aliphatic rings. The van der Waals surface area contributed by atoms with Gasteiger partial charge in [-0.15, -0.1) is 0 Å². The Morgan fingerprint density at radius 2 is 1.78 bits per heavy atom. The van der Waals surface area contributed by atoms with Gasteiger partial charge in [-0.2, -0.15) is 23.3 Å². The molecule has 0 bridgehead atoms. The van der Waals surface area contributed by atoms with Crippen molar-refractivity contribution in [2.24, 2.45) is 0 Å². The number of nitriles is 1. The van der Waals surface area contributed by atoms with Crippen LogP contribution in [0.5, 0.6) is 0 Å². The molecule has 0 aromatic heterocycles. The molecule has 1 aliphatic heterocycles. The van der Waals surface area contributed by atoms with Gasteiger partial charge in [-0.05, 0) is 51.1 Å². The molecule has 2 aromatic rings. The van der Waals surface area contributed by atoms with Crippen LogP contribution in [0, 0.1) is 18.3 Å². The van der Waals surface area contributed by atoms with E-state index in [9.17, 15) is 18.0 Å². The lowest BCUT2D eigenvalue weighted by molar-refractivity contribution is -0.138. The molecule has 1 heterocycles. The second-order valence-electron chi connectivity index (χ2n) is 6.81. The Morgan fingerprint density at radius 1 is 1.15 bits per heavy atom. The average molecular weight is 393 g/mol. The number of anilines is 1. The summed E-state index contributed by atoms with van der Waals surface area (Å²) >= 11 is -1.71. The van der Waals surface area contributed by atoms with Crippen molar-refractivity contribution in [3.8, 4) is 6.07 Å². The molecule has 4 nitrogen and oxygen atoms in total. The summed E-state index contributed by atoms with van der Waals surface area (Å²) in [6.07, 6.45) is -4.66. The van der Waals surface area contributed by atoms with E-state index in [0.29, 0.717) is 0 Å². The van der Waals surface area contributed by atoms with Crippen molar-refractivity contribution < 1.29 is 18.0 Å². The van der Waals surface area contributed by atoms with Crippen molar-refractivity contribution in [3.63, 3.8) is 0 Å². The number of hydrazine groups is 1. The van der Waals surface area contributed by atoms with Gasteiger partial charge in [0.2, 0.25) is 5.12 Å². The van der Waals surface area contributed by atoms with Crippen LogP contribution in [0.2, 0.25) is 0 Å². The van der Waals surface area contributed by atoms with E-state index in [1.54, 1.807) is 24.9 Å². The number of rotatable bonds is 2. The first-order valence-corrected chi connectivity index (χ1v) is 9.49. The molecule has 0 aliphatic carbocycles. The molecule has 3 rings (SSSR count). The predicted molar refractivity (Wildman–Crippen MR) is 99.3 cm³/mol. The van der Waals surface area contributed by atoms with E-state index in [2.05, 4.69) is 4.83 Å². The van der Waals surface area contributed by atoms with Gasteiger partial charge in [0.1, 0.15) is 5.54 Å². The smallest absolute Gasteiger partial charge is 0.286 e. The zero-order valence-corrected chi connectivity index (χ0v) is 15.8. The van der Waals surface area contributed by atoms with Gasteiger partial charge >= 0.3 is 6.18 Å². The number of thiol groups is 1. The van der Waals surface area contributed by atoms with Gasteiger partial charge < -0.3 is 0 Å². The van der Waals surface area contributed by atoms with Crippen molar-refractivity contribution in [1.82, 2.24) is 4.83 Å². The maximum absolute atomic E-state index is 13.3. The normalized spacial score (nSPS) is 20.6. The monoisotopic (exact) mass is 393 g/mol. The number of nitrogens with zero attached hydrogens (tertiary/aromatic N) is 2. The Balaban J connectivity index is 2.02. The van der Waals surface area contributed by atoms with Gasteiger partial charge in [-0.1, -0.05) is 28.8 Å². The molecule has 1 saturated heterocycles. The van der Waals surface area contributed by atoms with E-state index in [4.69, 9.17) is 5.26 Å². The first kappa shape index (κ1) is 19.3. The Morgan fingerprint density at radius 3 is 2.33 bits per heavy atom. The fraction of sp³-hybridized carbons (Fsp3) is 0.263. The van der Waals surface area contributed by atoms with Crippen molar-refractivity contribution in [2.75, 3.05) is 5.01 Å². The standard InChI is InChI=1S/C19H18F3N3OS/c1-12-4-7-14(8-5-12)25-18(2,3)17(26)27(24-25)15-9-6-13(11-23)16(10-15)19(20,21)22/h4-10,24,27H,1-3H3. The second-order valence-corrected chi connectivity index (χ2v) is 8.60. The molecule has 2 aromatic carbocycles. The third kappa shape index (κ3) is 3.40. The van der Waals surface area contributed by atoms with Gasteiger partial charge in [-0.25, -0.2) is 0 Å². The first-order chi connectivity index (χ1) is 12.6. The number of halogens is 3. The number of carbonyl (C=O) groups excluding carboxylic acids is 1. The minimum absolute atomic E-state index is 0.184. The molecule has 0 saturated carbocycles. The molecule has 0 radical (unpaired) electrons. The fourth-order valence-corrected chi connectivity index (χ4v) is 5.03.